The molecular weight excluding hydrogens is 226 g/mol. The van der Waals surface area contributed by atoms with E-state index in [2.05, 4.69) is 31.2 Å². The first-order chi connectivity index (χ1) is 8.41. The molecule has 4 nitrogen and oxygen atoms in total. The highest BCUT2D eigenvalue weighted by atomic mass is 16.1. The largest absolute Gasteiger partial charge is 0.356 e. The van der Waals surface area contributed by atoms with Crippen molar-refractivity contribution in [3.05, 3.63) is 17.0 Å². The average molecular weight is 251 g/mol. The van der Waals surface area contributed by atoms with E-state index in [1.165, 1.54) is 11.3 Å². The predicted molar refractivity (Wildman–Crippen MR) is 73.5 cm³/mol. The maximum Gasteiger partial charge on any atom is 0.220 e. The van der Waals surface area contributed by atoms with Gasteiger partial charge in [-0.25, -0.2) is 0 Å². The van der Waals surface area contributed by atoms with Gasteiger partial charge >= 0.3 is 0 Å². The van der Waals surface area contributed by atoms with Crippen molar-refractivity contribution in [2.24, 2.45) is 13.0 Å². The van der Waals surface area contributed by atoms with Gasteiger partial charge < -0.3 is 5.32 Å². The van der Waals surface area contributed by atoms with E-state index in [1.54, 1.807) is 0 Å². The number of amides is 1. The van der Waals surface area contributed by atoms with Crippen LogP contribution in [0.5, 0.6) is 0 Å². The van der Waals surface area contributed by atoms with Gasteiger partial charge in [0.2, 0.25) is 5.91 Å². The zero-order valence-electron chi connectivity index (χ0n) is 12.2. The van der Waals surface area contributed by atoms with Crippen molar-refractivity contribution in [3.63, 3.8) is 0 Å². The van der Waals surface area contributed by atoms with Gasteiger partial charge in [-0.1, -0.05) is 13.8 Å². The van der Waals surface area contributed by atoms with E-state index in [0.29, 0.717) is 18.9 Å². The van der Waals surface area contributed by atoms with E-state index < -0.39 is 0 Å². The number of nitrogens with zero attached hydrogens (tertiary/aromatic N) is 2. The standard InChI is InChI=1S/C14H25N3O/c1-10(2)6-7-14(18)15-9-8-13-11(3)16-17(5)12(13)4/h10H,6-9H2,1-5H3,(H,15,18). The van der Waals surface area contributed by atoms with Crippen LogP contribution in [-0.4, -0.2) is 22.2 Å². The maximum absolute atomic E-state index is 11.6. The summed E-state index contributed by atoms with van der Waals surface area (Å²) < 4.78 is 1.89. The SMILES string of the molecule is Cc1nn(C)c(C)c1CCNC(=O)CCC(C)C. The Kier molecular flexibility index (Phi) is 5.38. The fourth-order valence-electron chi connectivity index (χ4n) is 2.01. The summed E-state index contributed by atoms with van der Waals surface area (Å²) in [5.41, 5.74) is 3.50. The molecule has 0 bridgehead atoms. The molecule has 1 amide bonds. The van der Waals surface area contributed by atoms with Crippen LogP contribution in [0.2, 0.25) is 0 Å². The molecule has 1 aromatic rings. The minimum atomic E-state index is 0.155. The van der Waals surface area contributed by atoms with Gasteiger partial charge in [-0.05, 0) is 38.2 Å². The van der Waals surface area contributed by atoms with Gasteiger partial charge in [-0.3, -0.25) is 9.48 Å². The molecule has 1 rings (SSSR count). The minimum Gasteiger partial charge on any atom is -0.356 e. The third kappa shape index (κ3) is 4.17. The molecular formula is C14H25N3O. The van der Waals surface area contributed by atoms with E-state index >= 15 is 0 Å². The summed E-state index contributed by atoms with van der Waals surface area (Å²) >= 11 is 0. The summed E-state index contributed by atoms with van der Waals surface area (Å²) in [5.74, 6) is 0.737. The van der Waals surface area contributed by atoms with Crippen molar-refractivity contribution in [3.8, 4) is 0 Å². The maximum atomic E-state index is 11.6. The molecule has 0 radical (unpaired) electrons. The van der Waals surface area contributed by atoms with Crippen LogP contribution < -0.4 is 5.32 Å². The van der Waals surface area contributed by atoms with Gasteiger partial charge in [0.05, 0.1) is 5.69 Å². The highest BCUT2D eigenvalue weighted by Gasteiger charge is 2.09. The van der Waals surface area contributed by atoms with E-state index in [1.807, 2.05) is 18.7 Å². The van der Waals surface area contributed by atoms with Crippen LogP contribution >= 0.6 is 0 Å². The third-order valence-electron chi connectivity index (χ3n) is 3.30. The van der Waals surface area contributed by atoms with E-state index in [0.717, 1.165) is 18.5 Å². The van der Waals surface area contributed by atoms with Crippen LogP contribution in [0.4, 0.5) is 0 Å². The molecule has 0 aromatic carbocycles. The van der Waals surface area contributed by atoms with Crippen molar-refractivity contribution < 1.29 is 4.79 Å². The first-order valence-electron chi connectivity index (χ1n) is 6.67. The molecule has 0 aliphatic carbocycles. The summed E-state index contributed by atoms with van der Waals surface area (Å²) in [6.45, 7) is 9.05. The van der Waals surface area contributed by atoms with Crippen molar-refractivity contribution >= 4 is 5.91 Å². The Bertz CT molecular complexity index is 407. The topological polar surface area (TPSA) is 46.9 Å². The lowest BCUT2D eigenvalue weighted by molar-refractivity contribution is -0.121. The molecule has 18 heavy (non-hydrogen) atoms. The Morgan fingerprint density at radius 3 is 2.56 bits per heavy atom. The van der Waals surface area contributed by atoms with Crippen molar-refractivity contribution in [2.45, 2.75) is 47.0 Å². The Hall–Kier alpha value is -1.32. The number of rotatable bonds is 6. The number of hydrogen-bond acceptors (Lipinski definition) is 2. The normalized spacial score (nSPS) is 11.0. The molecule has 102 valence electrons. The molecule has 0 spiro atoms. The molecule has 0 saturated heterocycles. The Balaban J connectivity index is 2.35. The van der Waals surface area contributed by atoms with Crippen molar-refractivity contribution in [1.29, 1.82) is 0 Å². The lowest BCUT2D eigenvalue weighted by Gasteiger charge is -2.07. The van der Waals surface area contributed by atoms with E-state index in [-0.39, 0.29) is 5.91 Å². The number of hydrogen-bond donors (Lipinski definition) is 1. The van der Waals surface area contributed by atoms with Gasteiger partial charge in [0.1, 0.15) is 0 Å². The Morgan fingerprint density at radius 1 is 1.39 bits per heavy atom. The van der Waals surface area contributed by atoms with Gasteiger partial charge in [-0.15, -0.1) is 0 Å². The summed E-state index contributed by atoms with van der Waals surface area (Å²) in [7, 11) is 1.95. The minimum absolute atomic E-state index is 0.155. The smallest absolute Gasteiger partial charge is 0.220 e. The van der Waals surface area contributed by atoms with Gasteiger partial charge in [0.15, 0.2) is 0 Å². The van der Waals surface area contributed by atoms with E-state index in [4.69, 9.17) is 0 Å². The molecule has 4 heteroatoms. The number of nitrogens with one attached hydrogen (secondary N) is 1. The summed E-state index contributed by atoms with van der Waals surface area (Å²) in [6, 6.07) is 0. The second-order valence-electron chi connectivity index (χ2n) is 5.31. The van der Waals surface area contributed by atoms with Crippen LogP contribution in [0.15, 0.2) is 0 Å². The summed E-state index contributed by atoms with van der Waals surface area (Å²) in [5, 5.41) is 7.35. The molecule has 0 saturated carbocycles. The first-order valence-corrected chi connectivity index (χ1v) is 6.67. The molecule has 1 aromatic heterocycles. The molecule has 0 atom stereocenters. The van der Waals surface area contributed by atoms with Gasteiger partial charge in [0, 0.05) is 25.7 Å². The molecule has 0 fully saturated rings. The van der Waals surface area contributed by atoms with Crippen LogP contribution in [0.25, 0.3) is 0 Å². The van der Waals surface area contributed by atoms with Crippen molar-refractivity contribution in [2.75, 3.05) is 6.54 Å². The second-order valence-corrected chi connectivity index (χ2v) is 5.31. The quantitative estimate of drug-likeness (QED) is 0.842. The van der Waals surface area contributed by atoms with Crippen LogP contribution in [0.1, 0.15) is 43.6 Å². The van der Waals surface area contributed by atoms with Crippen LogP contribution in [0, 0.1) is 19.8 Å². The highest BCUT2D eigenvalue weighted by Crippen LogP contribution is 2.11. The van der Waals surface area contributed by atoms with E-state index in [9.17, 15) is 4.79 Å². The lowest BCUT2D eigenvalue weighted by Crippen LogP contribution is -2.25. The monoisotopic (exact) mass is 251 g/mol. The second kappa shape index (κ2) is 6.57. The van der Waals surface area contributed by atoms with Crippen molar-refractivity contribution in [1.82, 2.24) is 15.1 Å². The zero-order chi connectivity index (χ0) is 13.7. The number of carbonyl (C=O) groups excluding carboxylic acids is 1. The Labute approximate surface area is 110 Å². The average Bonchev–Trinajstić information content (AvgIpc) is 2.53. The molecule has 0 unspecified atom stereocenters. The van der Waals surface area contributed by atoms with Crippen LogP contribution in [0.3, 0.4) is 0 Å². The zero-order valence-corrected chi connectivity index (χ0v) is 12.2. The predicted octanol–water partition coefficient (Wildman–Crippen LogP) is 2.13. The number of aromatic nitrogens is 2. The van der Waals surface area contributed by atoms with Crippen LogP contribution in [-0.2, 0) is 18.3 Å². The molecule has 1 heterocycles. The highest BCUT2D eigenvalue weighted by molar-refractivity contribution is 5.75. The summed E-state index contributed by atoms with van der Waals surface area (Å²) in [6.07, 6.45) is 2.44. The molecule has 0 aliphatic rings. The lowest BCUT2D eigenvalue weighted by atomic mass is 10.1. The Morgan fingerprint density at radius 2 is 2.06 bits per heavy atom. The molecule has 1 N–H and O–H groups in total. The third-order valence-corrected chi connectivity index (χ3v) is 3.30. The van der Waals surface area contributed by atoms with Gasteiger partial charge in [0.25, 0.3) is 0 Å². The van der Waals surface area contributed by atoms with Gasteiger partial charge in [-0.2, -0.15) is 5.10 Å². The first kappa shape index (κ1) is 14.7. The number of aryl methyl sites for hydroxylation is 2. The molecule has 0 aliphatic heterocycles. The number of carbonyl (C=O) groups is 1. The fourth-order valence-corrected chi connectivity index (χ4v) is 2.01. The fraction of sp³-hybridized carbons (Fsp3) is 0.714. The summed E-state index contributed by atoms with van der Waals surface area (Å²) in [4.78, 5) is 11.6.